The van der Waals surface area contributed by atoms with E-state index in [0.717, 1.165) is 49.2 Å². The number of piperidine rings is 1. The van der Waals surface area contributed by atoms with Crippen molar-refractivity contribution in [2.75, 3.05) is 20.6 Å². The highest BCUT2D eigenvalue weighted by Gasteiger charge is 2.32. The lowest BCUT2D eigenvalue weighted by molar-refractivity contribution is -0.0884. The van der Waals surface area contributed by atoms with Gasteiger partial charge < -0.3 is 10.6 Å². The summed E-state index contributed by atoms with van der Waals surface area (Å²) in [6.07, 6.45) is 14.7. The fraction of sp³-hybridized carbons (Fsp3) is 0.541. The third-order valence-corrected chi connectivity index (χ3v) is 6.08. The number of aliphatic imine (C=N–C) groups is 1. The fourth-order valence-corrected chi connectivity index (χ4v) is 3.54. The summed E-state index contributed by atoms with van der Waals surface area (Å²) >= 11 is 0. The van der Waals surface area contributed by atoms with Gasteiger partial charge in [0.25, 0.3) is 0 Å². The van der Waals surface area contributed by atoms with Crippen LogP contribution in [0.25, 0.3) is 0 Å². The Morgan fingerprint density at radius 3 is 2.02 bits per heavy atom. The molecule has 8 heteroatoms. The number of likely N-dealkylation sites (tertiary alicyclic amines) is 1. The fourth-order valence-electron chi connectivity index (χ4n) is 3.54. The summed E-state index contributed by atoms with van der Waals surface area (Å²) in [5.41, 5.74) is 7.49. The molecule has 2 rings (SSSR count). The molecule has 1 aliphatic rings. The van der Waals surface area contributed by atoms with Crippen LogP contribution in [0.1, 0.15) is 111 Å². The quantitative estimate of drug-likeness (QED) is 0.106. The molecule has 1 saturated heterocycles. The van der Waals surface area contributed by atoms with Gasteiger partial charge in [-0.2, -0.15) is 13.2 Å². The first kappa shape index (κ1) is 48.6. The zero-order valence-corrected chi connectivity index (χ0v) is 29.7. The standard InChI is InChI=1S/C18H25F4N.C9H11FN2.C4H10.2C2H6.C2H2/c1-4-8-15(18(20,21)22)13-14(17(19)5-2)10-11-16-9-6-7-12-23(16)3;1-6-3-4-7(10)5-8(6)9(11)12-2;1-3-4-2;3*1-2/h5,8,11,13H,4,6-7,9-10,12H2,1-3H3;3-5H,1-2H3,(H2,11,12);3-4H2,1-2H3;2*1-2H3;1-2H/b14-13-,15-8-,16-11-,17-5+;;;;;. The molecule has 1 aromatic rings. The third kappa shape index (κ3) is 22.8. The Kier molecular flexibility index (Phi) is 33.1. The molecule has 0 unspecified atom stereocenters. The highest BCUT2D eigenvalue weighted by molar-refractivity contribution is 5.98. The van der Waals surface area contributed by atoms with E-state index in [4.69, 9.17) is 5.73 Å². The summed E-state index contributed by atoms with van der Waals surface area (Å²) in [4.78, 5) is 5.87. The minimum atomic E-state index is -4.47. The summed E-state index contributed by atoms with van der Waals surface area (Å²) < 4.78 is 65.8. The molecule has 0 atom stereocenters. The number of allylic oxidation sites excluding steroid dienone is 8. The van der Waals surface area contributed by atoms with Crippen LogP contribution in [0.2, 0.25) is 0 Å². The zero-order valence-electron chi connectivity index (χ0n) is 29.7. The van der Waals surface area contributed by atoms with Crippen LogP contribution < -0.4 is 5.73 Å². The summed E-state index contributed by atoms with van der Waals surface area (Å²) in [5.74, 6) is -0.527. The molecular formula is C37H60F5N3. The van der Waals surface area contributed by atoms with Gasteiger partial charge in [-0.15, -0.1) is 12.8 Å². The van der Waals surface area contributed by atoms with E-state index in [-0.39, 0.29) is 24.2 Å². The number of alkyl halides is 3. The van der Waals surface area contributed by atoms with Crippen LogP contribution in [0.4, 0.5) is 22.0 Å². The molecule has 3 nitrogen and oxygen atoms in total. The van der Waals surface area contributed by atoms with Crippen LogP contribution >= 0.6 is 0 Å². The lowest BCUT2D eigenvalue weighted by Gasteiger charge is -2.27. The van der Waals surface area contributed by atoms with Gasteiger partial charge in [0.15, 0.2) is 0 Å². The molecule has 0 radical (unpaired) electrons. The number of nitrogens with two attached hydrogens (primary N) is 1. The van der Waals surface area contributed by atoms with Gasteiger partial charge in [-0.05, 0) is 75.3 Å². The number of nitrogens with zero attached hydrogens (tertiary/aromatic N) is 2. The van der Waals surface area contributed by atoms with Gasteiger partial charge >= 0.3 is 6.18 Å². The van der Waals surface area contributed by atoms with E-state index in [1.165, 1.54) is 38.0 Å². The number of hydrogen-bond donors (Lipinski definition) is 1. The second-order valence-corrected chi connectivity index (χ2v) is 9.22. The molecule has 0 saturated carbocycles. The zero-order chi connectivity index (χ0) is 36.0. The first-order chi connectivity index (χ1) is 21.4. The van der Waals surface area contributed by atoms with Gasteiger partial charge in [0.1, 0.15) is 17.5 Å². The smallest absolute Gasteiger partial charge is 0.384 e. The monoisotopic (exact) mass is 641 g/mol. The number of benzene rings is 1. The van der Waals surface area contributed by atoms with Crippen molar-refractivity contribution < 1.29 is 22.0 Å². The summed E-state index contributed by atoms with van der Waals surface area (Å²) in [6, 6.07) is 4.47. The van der Waals surface area contributed by atoms with Crippen LogP contribution in [0.5, 0.6) is 0 Å². The van der Waals surface area contributed by atoms with Crippen LogP contribution in [0.15, 0.2) is 70.2 Å². The van der Waals surface area contributed by atoms with Crippen molar-refractivity contribution in [2.24, 2.45) is 10.7 Å². The maximum absolute atomic E-state index is 14.0. The number of unbranched alkanes of at least 4 members (excludes halogenated alkanes) is 1. The average Bonchev–Trinajstić information content (AvgIpc) is 3.06. The normalized spacial score (nSPS) is 14.5. The molecule has 1 aromatic carbocycles. The van der Waals surface area contributed by atoms with Crippen molar-refractivity contribution in [2.45, 2.75) is 113 Å². The largest absolute Gasteiger partial charge is 0.416 e. The Morgan fingerprint density at radius 2 is 1.60 bits per heavy atom. The number of hydrogen-bond acceptors (Lipinski definition) is 2. The van der Waals surface area contributed by atoms with E-state index >= 15 is 0 Å². The molecule has 0 bridgehead atoms. The lowest BCUT2D eigenvalue weighted by Crippen LogP contribution is -2.23. The maximum atomic E-state index is 14.0. The van der Waals surface area contributed by atoms with Crippen molar-refractivity contribution in [3.8, 4) is 12.8 Å². The minimum Gasteiger partial charge on any atom is -0.384 e. The van der Waals surface area contributed by atoms with Gasteiger partial charge in [0.2, 0.25) is 0 Å². The van der Waals surface area contributed by atoms with E-state index in [1.54, 1.807) is 20.0 Å². The second kappa shape index (κ2) is 30.7. The minimum absolute atomic E-state index is 0.0657. The first-order valence-corrected chi connectivity index (χ1v) is 15.9. The average molecular weight is 642 g/mol. The van der Waals surface area contributed by atoms with Gasteiger partial charge in [0.05, 0.1) is 5.57 Å². The summed E-state index contributed by atoms with van der Waals surface area (Å²) in [6.45, 7) is 18.3. The Balaban J connectivity index is -0.000000318. The SMILES string of the molecule is C#C.CC.CC.CCCC.CN=C(N)c1cc(F)ccc1C.C\C=C(F)/C(=C\C(=C\CC)C(F)(F)F)C/C=C1/CCCCN1C. The topological polar surface area (TPSA) is 41.6 Å². The lowest BCUT2D eigenvalue weighted by atomic mass is 10.0. The Labute approximate surface area is 272 Å². The molecule has 0 amide bonds. The predicted octanol–water partition coefficient (Wildman–Crippen LogP) is 11.7. The van der Waals surface area contributed by atoms with Crippen LogP contribution in [0, 0.1) is 25.6 Å². The first-order valence-electron chi connectivity index (χ1n) is 15.9. The number of amidine groups is 1. The molecule has 258 valence electrons. The molecule has 0 aliphatic carbocycles. The van der Waals surface area contributed by atoms with Crippen LogP contribution in [-0.4, -0.2) is 37.6 Å². The van der Waals surface area contributed by atoms with Gasteiger partial charge in [0, 0.05) is 31.9 Å². The van der Waals surface area contributed by atoms with Crippen molar-refractivity contribution in [3.05, 3.63) is 82.1 Å². The van der Waals surface area contributed by atoms with Crippen LogP contribution in [0.3, 0.4) is 0 Å². The van der Waals surface area contributed by atoms with E-state index in [9.17, 15) is 22.0 Å². The number of terminal acetylenes is 1. The number of aryl methyl sites for hydroxylation is 1. The number of halogens is 5. The second-order valence-electron chi connectivity index (χ2n) is 9.22. The molecular weight excluding hydrogens is 581 g/mol. The van der Waals surface area contributed by atoms with E-state index in [0.29, 0.717) is 11.4 Å². The molecule has 2 N–H and O–H groups in total. The number of rotatable bonds is 7. The molecule has 0 spiro atoms. The van der Waals surface area contributed by atoms with E-state index in [2.05, 4.69) is 36.6 Å². The van der Waals surface area contributed by atoms with Gasteiger partial charge in [-0.3, -0.25) is 4.99 Å². The van der Waals surface area contributed by atoms with Crippen molar-refractivity contribution in [3.63, 3.8) is 0 Å². The summed E-state index contributed by atoms with van der Waals surface area (Å²) in [7, 11) is 3.54. The van der Waals surface area contributed by atoms with Crippen LogP contribution in [-0.2, 0) is 0 Å². The third-order valence-electron chi connectivity index (χ3n) is 6.08. The highest BCUT2D eigenvalue weighted by Crippen LogP contribution is 2.31. The summed E-state index contributed by atoms with van der Waals surface area (Å²) in [5, 5.41) is 0. The van der Waals surface area contributed by atoms with Gasteiger partial charge in [-0.25, -0.2) is 8.78 Å². The van der Waals surface area contributed by atoms with Gasteiger partial charge in [-0.1, -0.05) is 85.6 Å². The molecule has 1 fully saturated rings. The molecule has 45 heavy (non-hydrogen) atoms. The molecule has 0 aromatic heterocycles. The maximum Gasteiger partial charge on any atom is 0.416 e. The Hall–Kier alpha value is -3.34. The molecule has 1 heterocycles. The Morgan fingerprint density at radius 1 is 1.04 bits per heavy atom. The van der Waals surface area contributed by atoms with Crippen molar-refractivity contribution in [1.29, 1.82) is 0 Å². The Bertz CT molecular complexity index is 1060. The molecule has 1 aliphatic heterocycles. The van der Waals surface area contributed by atoms with E-state index in [1.807, 2.05) is 47.7 Å². The predicted molar refractivity (Wildman–Crippen MR) is 188 cm³/mol. The van der Waals surface area contributed by atoms with Crippen molar-refractivity contribution in [1.82, 2.24) is 4.90 Å². The highest BCUT2D eigenvalue weighted by atomic mass is 19.4. The van der Waals surface area contributed by atoms with Crippen molar-refractivity contribution >= 4 is 5.84 Å². The van der Waals surface area contributed by atoms with E-state index < -0.39 is 17.6 Å².